The van der Waals surface area contributed by atoms with Crippen LogP contribution in [0.1, 0.15) is 56.9 Å². The van der Waals surface area contributed by atoms with Crippen molar-refractivity contribution < 1.29 is 43.3 Å². The first-order valence-corrected chi connectivity index (χ1v) is 15.5. The van der Waals surface area contributed by atoms with E-state index < -0.39 is 41.4 Å². The fraction of sp³-hybridized carbons (Fsp3) is 0.516. The van der Waals surface area contributed by atoms with Gasteiger partial charge in [0.15, 0.2) is 11.3 Å². The fourth-order valence-corrected chi connectivity index (χ4v) is 4.79. The minimum atomic E-state index is -1.49. The van der Waals surface area contributed by atoms with Gasteiger partial charge in [-0.05, 0) is 52.2 Å². The van der Waals surface area contributed by atoms with E-state index >= 15 is 0 Å². The van der Waals surface area contributed by atoms with Crippen molar-refractivity contribution in [3.63, 3.8) is 0 Å². The van der Waals surface area contributed by atoms with Crippen LogP contribution in [0.4, 0.5) is 4.79 Å². The van der Waals surface area contributed by atoms with Crippen molar-refractivity contribution in [2.75, 3.05) is 39.3 Å². The lowest BCUT2D eigenvalue weighted by Crippen LogP contribution is -2.56. The second-order valence-corrected chi connectivity index (χ2v) is 11.7. The summed E-state index contributed by atoms with van der Waals surface area (Å²) in [6.45, 7) is 5.50. The highest BCUT2D eigenvalue weighted by molar-refractivity contribution is 5.96. The topological polar surface area (TPSA) is 202 Å². The summed E-state index contributed by atoms with van der Waals surface area (Å²) in [5, 5.41) is 21.7. The molecule has 254 valence electrons. The molecule has 1 saturated carbocycles. The van der Waals surface area contributed by atoms with Gasteiger partial charge in [0.2, 0.25) is 17.7 Å². The van der Waals surface area contributed by atoms with E-state index in [0.717, 1.165) is 12.8 Å². The van der Waals surface area contributed by atoms with E-state index in [4.69, 9.17) is 9.47 Å². The Hall–Kier alpha value is -5.15. The number of rotatable bonds is 14. The first kappa shape index (κ1) is 34.7. The van der Waals surface area contributed by atoms with Crippen LogP contribution in [0.3, 0.4) is 0 Å². The Labute approximate surface area is 271 Å². The number of ether oxygens (including phenoxy) is 2. The molecule has 1 unspecified atom stereocenters. The van der Waals surface area contributed by atoms with Crippen LogP contribution in [0.5, 0.6) is 5.88 Å². The van der Waals surface area contributed by atoms with Crippen LogP contribution in [0, 0.1) is 0 Å². The third-order valence-corrected chi connectivity index (χ3v) is 7.54. The second kappa shape index (κ2) is 15.4. The van der Waals surface area contributed by atoms with Gasteiger partial charge in [0, 0.05) is 44.7 Å². The van der Waals surface area contributed by atoms with Gasteiger partial charge < -0.3 is 40.3 Å². The van der Waals surface area contributed by atoms with Gasteiger partial charge in [-0.2, -0.15) is 5.10 Å². The number of para-hydroxylation sites is 1. The van der Waals surface area contributed by atoms with Crippen molar-refractivity contribution >= 4 is 35.7 Å². The van der Waals surface area contributed by atoms with E-state index in [9.17, 15) is 33.9 Å². The number of aliphatic carboxylic acids is 1. The highest BCUT2D eigenvalue weighted by atomic mass is 16.6. The Kier molecular flexibility index (Phi) is 11.4. The van der Waals surface area contributed by atoms with Crippen LogP contribution in [0.25, 0.3) is 5.69 Å². The first-order valence-electron chi connectivity index (χ1n) is 15.5. The Morgan fingerprint density at radius 3 is 2.30 bits per heavy atom. The van der Waals surface area contributed by atoms with E-state index in [2.05, 4.69) is 21.0 Å². The summed E-state index contributed by atoms with van der Waals surface area (Å²) in [4.78, 5) is 78.5. The number of carboxylic acid groups (broad SMARTS) is 1. The Morgan fingerprint density at radius 2 is 1.68 bits per heavy atom. The fourth-order valence-electron chi connectivity index (χ4n) is 4.79. The first-order chi connectivity index (χ1) is 22.4. The van der Waals surface area contributed by atoms with Crippen LogP contribution in [-0.4, -0.2) is 117 Å². The van der Waals surface area contributed by atoms with Gasteiger partial charge in [-0.15, -0.1) is 0 Å². The summed E-state index contributed by atoms with van der Waals surface area (Å²) >= 11 is 0. The molecule has 1 aliphatic heterocycles. The molecule has 2 fully saturated rings. The van der Waals surface area contributed by atoms with Crippen LogP contribution in [0.15, 0.2) is 36.4 Å². The summed E-state index contributed by atoms with van der Waals surface area (Å²) in [7, 11) is 0. The summed E-state index contributed by atoms with van der Waals surface area (Å²) in [6.07, 6.45) is 0.783. The Balaban J connectivity index is 1.49. The highest BCUT2D eigenvalue weighted by Gasteiger charge is 2.35. The van der Waals surface area contributed by atoms with E-state index in [-0.39, 0.29) is 75.7 Å². The van der Waals surface area contributed by atoms with Gasteiger partial charge in [0.1, 0.15) is 6.04 Å². The Bertz CT molecular complexity index is 1460. The number of aromatic nitrogens is 2. The molecule has 1 aliphatic carbocycles. The largest absolute Gasteiger partial charge is 0.481 e. The van der Waals surface area contributed by atoms with Crippen molar-refractivity contribution in [3.05, 3.63) is 42.1 Å². The quantitative estimate of drug-likeness (QED) is 0.224. The van der Waals surface area contributed by atoms with Gasteiger partial charge in [-0.1, -0.05) is 18.2 Å². The summed E-state index contributed by atoms with van der Waals surface area (Å²) in [6, 6.07) is 8.98. The number of carbonyl (C=O) groups excluding carboxylic acids is 5. The number of hydrogen-bond acceptors (Lipinski definition) is 9. The molecule has 2 aliphatic rings. The lowest BCUT2D eigenvalue weighted by Gasteiger charge is -2.35. The molecule has 1 atom stereocenters. The number of amides is 5. The molecule has 2 heterocycles. The monoisotopic (exact) mass is 655 g/mol. The zero-order valence-electron chi connectivity index (χ0n) is 26.7. The average Bonchev–Trinajstić information content (AvgIpc) is 3.77. The predicted octanol–water partition coefficient (Wildman–Crippen LogP) is 0.688. The van der Waals surface area contributed by atoms with Gasteiger partial charge in [0.05, 0.1) is 18.8 Å². The summed E-state index contributed by atoms with van der Waals surface area (Å²) < 4.78 is 12.4. The lowest BCUT2D eigenvalue weighted by atomic mass is 10.1. The van der Waals surface area contributed by atoms with Gasteiger partial charge in [-0.3, -0.25) is 24.0 Å². The molecule has 47 heavy (non-hydrogen) atoms. The van der Waals surface area contributed by atoms with Crippen molar-refractivity contribution in [1.82, 2.24) is 35.5 Å². The molecule has 4 rings (SSSR count). The zero-order valence-corrected chi connectivity index (χ0v) is 26.7. The number of benzene rings is 1. The summed E-state index contributed by atoms with van der Waals surface area (Å²) in [5.74, 6) is -3.25. The molecular formula is C31H41N7O9. The van der Waals surface area contributed by atoms with Crippen LogP contribution < -0.4 is 20.7 Å². The Morgan fingerprint density at radius 1 is 1.02 bits per heavy atom. The van der Waals surface area contributed by atoms with E-state index in [1.165, 1.54) is 34.4 Å². The van der Waals surface area contributed by atoms with E-state index in [1.807, 2.05) is 0 Å². The van der Waals surface area contributed by atoms with Crippen LogP contribution in [-0.2, 0) is 23.9 Å². The molecule has 1 saturated heterocycles. The zero-order chi connectivity index (χ0) is 34.1. The van der Waals surface area contributed by atoms with E-state index in [1.54, 1.807) is 37.3 Å². The molecule has 4 N–H and O–H groups in total. The average molecular weight is 656 g/mol. The number of nitrogens with zero attached hydrogens (tertiary/aromatic N) is 4. The van der Waals surface area contributed by atoms with Crippen molar-refractivity contribution in [3.8, 4) is 11.6 Å². The van der Waals surface area contributed by atoms with Gasteiger partial charge in [-0.25, -0.2) is 9.48 Å². The number of hydrogen-bond donors (Lipinski definition) is 4. The number of nitrogens with one attached hydrogen (secondary N) is 3. The molecule has 0 spiro atoms. The van der Waals surface area contributed by atoms with Gasteiger partial charge in [0.25, 0.3) is 11.8 Å². The number of carbonyl (C=O) groups is 6. The maximum absolute atomic E-state index is 13.5. The standard InChI is InChI=1S/C31H41N7O9/c1-4-46-30(45)37-16-14-36(15-17-37)28(43)22(12-13-26(40)41)34-27(42)23-18-25(38(35-23)21-8-6-5-7-9-21)47-31(2,3)29(44)32-19-24(39)33-20-10-11-20/h5-9,18,20,22H,4,10-17,19H2,1-3H3,(H,32,44)(H,33,39)(H,34,42)(H,40,41). The van der Waals surface area contributed by atoms with Crippen molar-refractivity contribution in [2.45, 2.75) is 64.1 Å². The molecule has 0 bridgehead atoms. The molecule has 16 heteroatoms. The molecule has 2 aromatic rings. The molecular weight excluding hydrogens is 614 g/mol. The minimum Gasteiger partial charge on any atom is -0.481 e. The SMILES string of the molecule is CCOC(=O)N1CCN(C(=O)C(CCC(=O)O)NC(=O)c2cc(OC(C)(C)C(=O)NCC(=O)NC3CC3)n(-c3ccccc3)n2)CC1. The highest BCUT2D eigenvalue weighted by Crippen LogP contribution is 2.25. The molecule has 16 nitrogen and oxygen atoms in total. The van der Waals surface area contributed by atoms with Crippen molar-refractivity contribution in [1.29, 1.82) is 0 Å². The minimum absolute atomic E-state index is 0.0347. The maximum Gasteiger partial charge on any atom is 0.409 e. The third-order valence-electron chi connectivity index (χ3n) is 7.54. The predicted molar refractivity (Wildman–Crippen MR) is 166 cm³/mol. The molecule has 1 aromatic heterocycles. The lowest BCUT2D eigenvalue weighted by molar-refractivity contribution is -0.138. The third kappa shape index (κ3) is 9.67. The van der Waals surface area contributed by atoms with Crippen molar-refractivity contribution in [2.24, 2.45) is 0 Å². The molecule has 0 radical (unpaired) electrons. The molecule has 1 aromatic carbocycles. The number of piperazine rings is 1. The molecule has 5 amide bonds. The second-order valence-electron chi connectivity index (χ2n) is 11.7. The summed E-state index contributed by atoms with van der Waals surface area (Å²) in [5.41, 5.74) is -1.13. The normalized spacial score (nSPS) is 15.3. The maximum atomic E-state index is 13.5. The van der Waals surface area contributed by atoms with Gasteiger partial charge >= 0.3 is 12.1 Å². The van der Waals surface area contributed by atoms with Crippen LogP contribution >= 0.6 is 0 Å². The van der Waals surface area contributed by atoms with Crippen LogP contribution in [0.2, 0.25) is 0 Å². The van der Waals surface area contributed by atoms with E-state index in [0.29, 0.717) is 5.69 Å². The smallest absolute Gasteiger partial charge is 0.409 e. The number of carboxylic acids is 1.